The fourth-order valence-corrected chi connectivity index (χ4v) is 1.96. The average molecular weight is 248 g/mol. The zero-order valence-electron chi connectivity index (χ0n) is 10.9. The fraction of sp³-hybridized carbons (Fsp3) is 0.500. The van der Waals surface area contributed by atoms with Crippen LogP contribution in [0.25, 0.3) is 0 Å². The van der Waals surface area contributed by atoms with Crippen LogP contribution in [-0.2, 0) is 11.3 Å². The topological polar surface area (TPSA) is 55.6 Å². The number of methoxy groups -OCH3 is 1. The molecule has 1 aromatic carbocycles. The van der Waals surface area contributed by atoms with E-state index in [1.165, 1.54) is 0 Å². The Kier molecular flexibility index (Phi) is 3.87. The SMILES string of the molecule is COc1ccc(CN(C(=O)[C@@H](C)N)C2CC2)cc1. The molecule has 0 radical (unpaired) electrons. The predicted octanol–water partition coefficient (Wildman–Crippen LogP) is 1.53. The summed E-state index contributed by atoms with van der Waals surface area (Å²) in [6.07, 6.45) is 2.18. The number of benzene rings is 1. The molecule has 1 aliphatic rings. The molecule has 0 heterocycles. The number of nitrogens with two attached hydrogens (primary N) is 1. The van der Waals surface area contributed by atoms with Crippen LogP contribution >= 0.6 is 0 Å². The maximum absolute atomic E-state index is 12.0. The Hall–Kier alpha value is -1.55. The van der Waals surface area contributed by atoms with Gasteiger partial charge in [0.2, 0.25) is 5.91 Å². The summed E-state index contributed by atoms with van der Waals surface area (Å²) >= 11 is 0. The smallest absolute Gasteiger partial charge is 0.239 e. The Morgan fingerprint density at radius 3 is 2.50 bits per heavy atom. The van der Waals surface area contributed by atoms with E-state index in [4.69, 9.17) is 10.5 Å². The second-order valence-electron chi connectivity index (χ2n) is 4.83. The van der Waals surface area contributed by atoms with Gasteiger partial charge in [-0.25, -0.2) is 0 Å². The van der Waals surface area contributed by atoms with Gasteiger partial charge in [0, 0.05) is 12.6 Å². The van der Waals surface area contributed by atoms with E-state index in [-0.39, 0.29) is 5.91 Å². The summed E-state index contributed by atoms with van der Waals surface area (Å²) in [6.45, 7) is 2.38. The highest BCUT2D eigenvalue weighted by Crippen LogP contribution is 2.29. The number of hydrogen-bond donors (Lipinski definition) is 1. The Bertz CT molecular complexity index is 410. The Morgan fingerprint density at radius 2 is 2.06 bits per heavy atom. The molecule has 0 aromatic heterocycles. The normalized spacial score (nSPS) is 16.2. The van der Waals surface area contributed by atoms with Crippen molar-refractivity contribution >= 4 is 5.91 Å². The van der Waals surface area contributed by atoms with E-state index < -0.39 is 6.04 Å². The maximum Gasteiger partial charge on any atom is 0.239 e. The molecule has 1 fully saturated rings. The lowest BCUT2D eigenvalue weighted by Gasteiger charge is -2.24. The zero-order chi connectivity index (χ0) is 13.1. The fourth-order valence-electron chi connectivity index (χ4n) is 1.96. The standard InChI is InChI=1S/C14H20N2O2/c1-10(15)14(17)16(12-5-6-12)9-11-3-7-13(18-2)8-4-11/h3-4,7-8,10,12H,5-6,9,15H2,1-2H3/t10-/m1/s1. The number of ether oxygens (including phenoxy) is 1. The van der Waals surface area contributed by atoms with Crippen molar-refractivity contribution in [1.29, 1.82) is 0 Å². The minimum atomic E-state index is -0.427. The molecule has 0 aliphatic heterocycles. The summed E-state index contributed by atoms with van der Waals surface area (Å²) < 4.78 is 5.12. The van der Waals surface area contributed by atoms with Crippen LogP contribution in [0, 0.1) is 0 Å². The molecule has 4 heteroatoms. The number of nitrogens with zero attached hydrogens (tertiary/aromatic N) is 1. The molecule has 1 aliphatic carbocycles. The van der Waals surface area contributed by atoms with Crippen molar-refractivity contribution < 1.29 is 9.53 Å². The molecular formula is C14H20N2O2. The predicted molar refractivity (Wildman–Crippen MR) is 70.2 cm³/mol. The lowest BCUT2D eigenvalue weighted by molar-refractivity contribution is -0.133. The van der Waals surface area contributed by atoms with Crippen molar-refractivity contribution in [2.75, 3.05) is 7.11 Å². The van der Waals surface area contributed by atoms with Gasteiger partial charge in [-0.2, -0.15) is 0 Å². The van der Waals surface area contributed by atoms with Crippen molar-refractivity contribution in [3.8, 4) is 5.75 Å². The molecule has 1 atom stereocenters. The van der Waals surface area contributed by atoms with Crippen LogP contribution in [0.4, 0.5) is 0 Å². The summed E-state index contributed by atoms with van der Waals surface area (Å²) in [6, 6.07) is 7.76. The summed E-state index contributed by atoms with van der Waals surface area (Å²) in [5.74, 6) is 0.864. The van der Waals surface area contributed by atoms with Gasteiger partial charge in [0.15, 0.2) is 0 Å². The van der Waals surface area contributed by atoms with Crippen LogP contribution in [0.5, 0.6) is 5.75 Å². The van der Waals surface area contributed by atoms with E-state index in [9.17, 15) is 4.79 Å². The maximum atomic E-state index is 12.0. The van der Waals surface area contributed by atoms with Crippen molar-refractivity contribution in [1.82, 2.24) is 4.90 Å². The minimum absolute atomic E-state index is 0.0355. The van der Waals surface area contributed by atoms with E-state index in [1.807, 2.05) is 29.2 Å². The van der Waals surface area contributed by atoms with Gasteiger partial charge in [-0.1, -0.05) is 12.1 Å². The molecule has 2 N–H and O–H groups in total. The highest BCUT2D eigenvalue weighted by molar-refractivity contribution is 5.81. The van der Waals surface area contributed by atoms with Crippen LogP contribution in [0.15, 0.2) is 24.3 Å². The van der Waals surface area contributed by atoms with Crippen molar-refractivity contribution in [3.05, 3.63) is 29.8 Å². The number of hydrogen-bond acceptors (Lipinski definition) is 3. The third-order valence-corrected chi connectivity index (χ3v) is 3.17. The number of amides is 1. The third-order valence-electron chi connectivity index (χ3n) is 3.17. The van der Waals surface area contributed by atoms with E-state index in [1.54, 1.807) is 14.0 Å². The highest BCUT2D eigenvalue weighted by atomic mass is 16.5. The Balaban J connectivity index is 2.06. The first-order valence-corrected chi connectivity index (χ1v) is 6.31. The van der Waals surface area contributed by atoms with Crippen molar-refractivity contribution in [3.63, 3.8) is 0 Å². The van der Waals surface area contributed by atoms with Gasteiger partial charge in [-0.15, -0.1) is 0 Å². The van der Waals surface area contributed by atoms with Crippen LogP contribution in [0.3, 0.4) is 0 Å². The summed E-state index contributed by atoms with van der Waals surface area (Å²) in [7, 11) is 1.64. The molecule has 0 saturated heterocycles. The molecule has 2 rings (SSSR count). The largest absolute Gasteiger partial charge is 0.497 e. The van der Waals surface area contributed by atoms with Gasteiger partial charge in [0.1, 0.15) is 5.75 Å². The minimum Gasteiger partial charge on any atom is -0.497 e. The van der Waals surface area contributed by atoms with E-state index in [2.05, 4.69) is 0 Å². The van der Waals surface area contributed by atoms with E-state index in [0.717, 1.165) is 24.2 Å². The number of carbonyl (C=O) groups excluding carboxylic acids is 1. The lowest BCUT2D eigenvalue weighted by Crippen LogP contribution is -2.42. The highest BCUT2D eigenvalue weighted by Gasteiger charge is 2.33. The molecule has 18 heavy (non-hydrogen) atoms. The monoisotopic (exact) mass is 248 g/mol. The third kappa shape index (κ3) is 3.01. The molecule has 98 valence electrons. The first-order valence-electron chi connectivity index (χ1n) is 6.31. The van der Waals surface area contributed by atoms with Gasteiger partial charge in [-0.3, -0.25) is 4.79 Å². The first-order chi connectivity index (χ1) is 8.61. The molecule has 1 saturated carbocycles. The van der Waals surface area contributed by atoms with Gasteiger partial charge in [0.05, 0.1) is 13.2 Å². The van der Waals surface area contributed by atoms with E-state index in [0.29, 0.717) is 12.6 Å². The molecular weight excluding hydrogens is 228 g/mol. The van der Waals surface area contributed by atoms with Gasteiger partial charge < -0.3 is 15.4 Å². The molecule has 0 spiro atoms. The number of carbonyl (C=O) groups is 1. The molecule has 0 unspecified atom stereocenters. The van der Waals surface area contributed by atoms with Gasteiger partial charge in [0.25, 0.3) is 0 Å². The Labute approximate surface area is 108 Å². The molecule has 1 aromatic rings. The van der Waals surface area contributed by atoms with Crippen molar-refractivity contribution in [2.24, 2.45) is 5.73 Å². The first kappa shape index (κ1) is 12.9. The summed E-state index contributed by atoms with van der Waals surface area (Å²) in [5.41, 5.74) is 6.80. The summed E-state index contributed by atoms with van der Waals surface area (Å²) in [4.78, 5) is 13.9. The molecule has 1 amide bonds. The van der Waals surface area contributed by atoms with Crippen LogP contribution in [0.2, 0.25) is 0 Å². The molecule has 0 bridgehead atoms. The zero-order valence-corrected chi connectivity index (χ0v) is 10.9. The quantitative estimate of drug-likeness (QED) is 0.859. The molecule has 4 nitrogen and oxygen atoms in total. The second kappa shape index (κ2) is 5.40. The van der Waals surface area contributed by atoms with Gasteiger partial charge in [-0.05, 0) is 37.5 Å². The van der Waals surface area contributed by atoms with Crippen LogP contribution in [-0.4, -0.2) is 30.0 Å². The Morgan fingerprint density at radius 1 is 1.44 bits per heavy atom. The average Bonchev–Trinajstić information content (AvgIpc) is 3.20. The summed E-state index contributed by atoms with van der Waals surface area (Å²) in [5, 5.41) is 0. The lowest BCUT2D eigenvalue weighted by atomic mass is 10.2. The van der Waals surface area contributed by atoms with Crippen LogP contribution < -0.4 is 10.5 Å². The van der Waals surface area contributed by atoms with Crippen LogP contribution in [0.1, 0.15) is 25.3 Å². The number of rotatable bonds is 5. The van der Waals surface area contributed by atoms with Crippen molar-refractivity contribution in [2.45, 2.75) is 38.4 Å². The second-order valence-corrected chi connectivity index (χ2v) is 4.83. The van der Waals surface area contributed by atoms with E-state index >= 15 is 0 Å². The van der Waals surface area contributed by atoms with Gasteiger partial charge >= 0.3 is 0 Å².